The van der Waals surface area contributed by atoms with Crippen molar-refractivity contribution in [3.63, 3.8) is 0 Å². The molecule has 1 aromatic carbocycles. The Morgan fingerprint density at radius 3 is 2.32 bits per heavy atom. The van der Waals surface area contributed by atoms with Gasteiger partial charge in [0, 0.05) is 0 Å². The van der Waals surface area contributed by atoms with E-state index < -0.39 is 35.9 Å². The van der Waals surface area contributed by atoms with Crippen LogP contribution in [-0.2, 0) is 6.18 Å². The number of nitrogens with zero attached hydrogens (tertiary/aromatic N) is 2. The number of aliphatic hydroxyl groups excluding tert-OH is 2. The molecule has 0 aliphatic rings. The second-order valence-corrected chi connectivity index (χ2v) is 3.79. The van der Waals surface area contributed by atoms with Crippen LogP contribution in [0.1, 0.15) is 29.2 Å². The van der Waals surface area contributed by atoms with Gasteiger partial charge in [-0.3, -0.25) is 0 Å². The number of halogens is 3. The zero-order valence-electron chi connectivity index (χ0n) is 9.52. The predicted molar refractivity (Wildman–Crippen MR) is 57.4 cm³/mol. The first kappa shape index (κ1) is 15.0. The summed E-state index contributed by atoms with van der Waals surface area (Å²) in [6.07, 6.45) is -8.25. The van der Waals surface area contributed by atoms with Gasteiger partial charge in [0.05, 0.1) is 35.8 Å². The van der Waals surface area contributed by atoms with Gasteiger partial charge in [-0.05, 0) is 17.7 Å². The molecule has 0 radical (unpaired) electrons. The van der Waals surface area contributed by atoms with E-state index in [0.29, 0.717) is 6.07 Å². The van der Waals surface area contributed by atoms with Crippen LogP contribution in [0.2, 0.25) is 0 Å². The highest BCUT2D eigenvalue weighted by Crippen LogP contribution is 2.34. The van der Waals surface area contributed by atoms with E-state index in [1.54, 1.807) is 6.07 Å². The van der Waals surface area contributed by atoms with Gasteiger partial charge in [0.15, 0.2) is 0 Å². The summed E-state index contributed by atoms with van der Waals surface area (Å²) < 4.78 is 38.0. The Bertz CT molecular complexity index is 543. The Balaban J connectivity index is 3.20. The maximum Gasteiger partial charge on any atom is 0.417 e. The number of rotatable bonds is 3. The fourth-order valence-electron chi connectivity index (χ4n) is 1.51. The smallest absolute Gasteiger partial charge is 0.389 e. The average Bonchev–Trinajstić information content (AvgIpc) is 2.36. The molecule has 2 N–H and O–H groups in total. The third-order valence-electron chi connectivity index (χ3n) is 2.48. The minimum absolute atomic E-state index is 0.200. The van der Waals surface area contributed by atoms with Gasteiger partial charge in [-0.15, -0.1) is 0 Å². The molecule has 0 aromatic heterocycles. The zero-order valence-corrected chi connectivity index (χ0v) is 9.52. The van der Waals surface area contributed by atoms with E-state index in [2.05, 4.69) is 0 Å². The average molecular weight is 270 g/mol. The lowest BCUT2D eigenvalue weighted by molar-refractivity contribution is -0.137. The monoisotopic (exact) mass is 270 g/mol. The zero-order chi connectivity index (χ0) is 14.6. The van der Waals surface area contributed by atoms with Crippen LogP contribution < -0.4 is 0 Å². The second-order valence-electron chi connectivity index (χ2n) is 3.79. The molecular weight excluding hydrogens is 261 g/mol. The molecule has 100 valence electrons. The van der Waals surface area contributed by atoms with Crippen molar-refractivity contribution in [3.8, 4) is 12.1 Å². The molecule has 2 atom stereocenters. The number of benzene rings is 1. The third-order valence-corrected chi connectivity index (χ3v) is 2.48. The number of hydrogen-bond donors (Lipinski definition) is 2. The predicted octanol–water partition coefficient (Wildman–Crippen LogP) is 1.89. The molecule has 1 aromatic rings. The molecule has 4 nitrogen and oxygen atoms in total. The van der Waals surface area contributed by atoms with Crippen LogP contribution in [0.4, 0.5) is 13.2 Å². The Labute approximate surface area is 106 Å². The lowest BCUT2D eigenvalue weighted by Gasteiger charge is -2.17. The number of alkyl halides is 3. The first-order valence-electron chi connectivity index (χ1n) is 5.15. The summed E-state index contributed by atoms with van der Waals surface area (Å²) in [4.78, 5) is 0. The van der Waals surface area contributed by atoms with E-state index in [-0.39, 0.29) is 5.56 Å². The summed E-state index contributed by atoms with van der Waals surface area (Å²) in [5.41, 5.74) is -1.96. The van der Waals surface area contributed by atoms with Gasteiger partial charge in [0.2, 0.25) is 0 Å². The molecule has 0 aliphatic heterocycles. The van der Waals surface area contributed by atoms with E-state index in [1.165, 1.54) is 6.07 Å². The Hall–Kier alpha value is -2.09. The largest absolute Gasteiger partial charge is 0.417 e. The summed E-state index contributed by atoms with van der Waals surface area (Å²) in [5.74, 6) is 0. The summed E-state index contributed by atoms with van der Waals surface area (Å²) in [6.45, 7) is 0. The van der Waals surface area contributed by atoms with Crippen molar-refractivity contribution in [1.29, 1.82) is 10.5 Å². The number of nitriles is 2. The normalized spacial score (nSPS) is 14.3. The summed E-state index contributed by atoms with van der Waals surface area (Å²) in [5, 5.41) is 35.9. The van der Waals surface area contributed by atoms with Crippen molar-refractivity contribution in [2.45, 2.75) is 24.8 Å². The van der Waals surface area contributed by atoms with Crippen molar-refractivity contribution in [2.75, 3.05) is 0 Å². The van der Waals surface area contributed by atoms with E-state index in [9.17, 15) is 23.4 Å². The van der Waals surface area contributed by atoms with Crippen molar-refractivity contribution >= 4 is 0 Å². The van der Waals surface area contributed by atoms with Gasteiger partial charge >= 0.3 is 6.18 Å². The van der Waals surface area contributed by atoms with Crippen LogP contribution in [0.25, 0.3) is 0 Å². The Morgan fingerprint density at radius 2 is 1.84 bits per heavy atom. The fraction of sp³-hybridized carbons (Fsp3) is 0.333. The highest BCUT2D eigenvalue weighted by molar-refractivity contribution is 5.42. The quantitative estimate of drug-likeness (QED) is 0.877. The van der Waals surface area contributed by atoms with Crippen molar-refractivity contribution in [3.05, 3.63) is 34.9 Å². The molecule has 0 fully saturated rings. The van der Waals surface area contributed by atoms with Gasteiger partial charge in [-0.25, -0.2) is 0 Å². The molecule has 1 rings (SSSR count). The summed E-state index contributed by atoms with van der Waals surface area (Å²) in [7, 11) is 0. The minimum Gasteiger partial charge on any atom is -0.389 e. The molecule has 0 saturated carbocycles. The second kappa shape index (κ2) is 5.70. The third kappa shape index (κ3) is 3.44. The van der Waals surface area contributed by atoms with Crippen LogP contribution >= 0.6 is 0 Å². The van der Waals surface area contributed by atoms with Gasteiger partial charge < -0.3 is 10.2 Å². The SMILES string of the molecule is N#CCC(O)C(O)c1ccc(C#N)c(C(F)(F)F)c1. The first-order valence-corrected chi connectivity index (χ1v) is 5.15. The van der Waals surface area contributed by atoms with Crippen LogP contribution in [0.5, 0.6) is 0 Å². The molecule has 0 saturated heterocycles. The highest BCUT2D eigenvalue weighted by Gasteiger charge is 2.34. The Kier molecular flexibility index (Phi) is 4.49. The van der Waals surface area contributed by atoms with E-state index in [4.69, 9.17) is 10.5 Å². The molecular formula is C12H9F3N2O2. The van der Waals surface area contributed by atoms with Gasteiger partial charge in [-0.1, -0.05) is 6.07 Å². The molecule has 0 aliphatic carbocycles. The topological polar surface area (TPSA) is 88.0 Å². The van der Waals surface area contributed by atoms with Gasteiger partial charge in [0.1, 0.15) is 6.10 Å². The van der Waals surface area contributed by atoms with E-state index in [0.717, 1.165) is 12.1 Å². The van der Waals surface area contributed by atoms with Crippen molar-refractivity contribution < 1.29 is 23.4 Å². The standard InChI is InChI=1S/C12H9F3N2O2/c13-12(14,15)9-5-7(1-2-8(9)6-17)11(19)10(18)3-4-16/h1-2,5,10-11,18-19H,3H2. The number of hydrogen-bond acceptors (Lipinski definition) is 4. The van der Waals surface area contributed by atoms with E-state index in [1.807, 2.05) is 0 Å². The van der Waals surface area contributed by atoms with Gasteiger partial charge in [-0.2, -0.15) is 23.7 Å². The molecule has 0 amide bonds. The van der Waals surface area contributed by atoms with Crippen LogP contribution in [-0.4, -0.2) is 16.3 Å². The molecule has 2 unspecified atom stereocenters. The summed E-state index contributed by atoms with van der Waals surface area (Å²) in [6, 6.07) is 5.64. The molecule has 19 heavy (non-hydrogen) atoms. The van der Waals surface area contributed by atoms with Crippen LogP contribution in [0.15, 0.2) is 18.2 Å². The van der Waals surface area contributed by atoms with Crippen molar-refractivity contribution in [2.24, 2.45) is 0 Å². The van der Waals surface area contributed by atoms with Crippen LogP contribution in [0.3, 0.4) is 0 Å². The maximum atomic E-state index is 12.7. The fourth-order valence-corrected chi connectivity index (χ4v) is 1.51. The first-order chi connectivity index (χ1) is 8.81. The van der Waals surface area contributed by atoms with Gasteiger partial charge in [0.25, 0.3) is 0 Å². The molecule has 7 heteroatoms. The lowest BCUT2D eigenvalue weighted by Crippen LogP contribution is -2.18. The molecule has 0 spiro atoms. The molecule has 0 bridgehead atoms. The molecule has 0 heterocycles. The highest BCUT2D eigenvalue weighted by atomic mass is 19.4. The van der Waals surface area contributed by atoms with E-state index >= 15 is 0 Å². The van der Waals surface area contributed by atoms with Crippen molar-refractivity contribution in [1.82, 2.24) is 0 Å². The van der Waals surface area contributed by atoms with Crippen LogP contribution in [0, 0.1) is 22.7 Å². The lowest BCUT2D eigenvalue weighted by atomic mass is 9.97. The minimum atomic E-state index is -4.74. The number of aliphatic hydroxyl groups is 2. The summed E-state index contributed by atoms with van der Waals surface area (Å²) >= 11 is 0. The Morgan fingerprint density at radius 1 is 1.21 bits per heavy atom. The maximum absolute atomic E-state index is 12.7.